The molecule has 5 nitrogen and oxygen atoms in total. The molecule has 0 aliphatic carbocycles. The van der Waals surface area contributed by atoms with E-state index < -0.39 is 0 Å². The first kappa shape index (κ1) is 14.5. The number of nitrogens with zero attached hydrogens (tertiary/aromatic N) is 4. The van der Waals surface area contributed by atoms with Crippen molar-refractivity contribution in [2.45, 2.75) is 41.2 Å². The molecule has 0 saturated carbocycles. The largest absolute Gasteiger partial charge is 0.398 e. The Morgan fingerprint density at radius 1 is 1.30 bits per heavy atom. The van der Waals surface area contributed by atoms with Gasteiger partial charge in [0.2, 0.25) is 0 Å². The van der Waals surface area contributed by atoms with E-state index in [1.54, 1.807) is 0 Å². The van der Waals surface area contributed by atoms with Gasteiger partial charge in [-0.05, 0) is 40.3 Å². The van der Waals surface area contributed by atoms with E-state index >= 15 is 0 Å². The summed E-state index contributed by atoms with van der Waals surface area (Å²) in [6.45, 7) is 11.7. The van der Waals surface area contributed by atoms with E-state index in [0.717, 1.165) is 29.2 Å². The molecule has 0 fully saturated rings. The Balaban J connectivity index is 2.31. The maximum atomic E-state index is 5.97. The minimum absolute atomic E-state index is 0.218. The van der Waals surface area contributed by atoms with Crippen molar-refractivity contribution in [2.24, 2.45) is 11.3 Å². The first-order chi connectivity index (χ1) is 9.29. The molecular formula is C15H23N5. The molecule has 2 N–H and O–H groups in total. The van der Waals surface area contributed by atoms with Crippen LogP contribution in [-0.2, 0) is 6.54 Å². The standard InChI is InChI=1S/C15H23N5/c1-10-6-7-12(8-13(10)16)14-17-18-19-20(14)9-11(2)15(3,4)5/h6-8,11H,9,16H2,1-5H3. The average molecular weight is 273 g/mol. The Labute approximate surface area is 120 Å². The highest BCUT2D eigenvalue weighted by molar-refractivity contribution is 5.63. The summed E-state index contributed by atoms with van der Waals surface area (Å²) in [5.41, 5.74) is 8.98. The molecule has 1 unspecified atom stereocenters. The highest BCUT2D eigenvalue weighted by atomic mass is 15.5. The van der Waals surface area contributed by atoms with E-state index in [1.807, 2.05) is 29.8 Å². The predicted molar refractivity (Wildman–Crippen MR) is 81.0 cm³/mol. The quantitative estimate of drug-likeness (QED) is 0.873. The van der Waals surface area contributed by atoms with Gasteiger partial charge < -0.3 is 5.73 Å². The summed E-state index contributed by atoms with van der Waals surface area (Å²) in [4.78, 5) is 0. The maximum Gasteiger partial charge on any atom is 0.182 e. The molecule has 0 bridgehead atoms. The summed E-state index contributed by atoms with van der Waals surface area (Å²) < 4.78 is 1.86. The van der Waals surface area contributed by atoms with Crippen LogP contribution in [0.4, 0.5) is 5.69 Å². The number of nitrogen functional groups attached to an aromatic ring is 1. The Morgan fingerprint density at radius 2 is 2.00 bits per heavy atom. The molecule has 2 aromatic rings. The van der Waals surface area contributed by atoms with Gasteiger partial charge in [-0.1, -0.05) is 39.8 Å². The lowest BCUT2D eigenvalue weighted by Gasteiger charge is -2.27. The van der Waals surface area contributed by atoms with Gasteiger partial charge in [0.15, 0.2) is 5.82 Å². The van der Waals surface area contributed by atoms with Crippen LogP contribution >= 0.6 is 0 Å². The molecule has 0 amide bonds. The number of hydrogen-bond acceptors (Lipinski definition) is 4. The second kappa shape index (κ2) is 5.23. The number of benzene rings is 1. The van der Waals surface area contributed by atoms with Crippen molar-refractivity contribution in [3.63, 3.8) is 0 Å². The number of rotatable bonds is 3. The normalized spacial score (nSPS) is 13.4. The van der Waals surface area contributed by atoms with Crippen molar-refractivity contribution in [2.75, 3.05) is 5.73 Å². The van der Waals surface area contributed by atoms with Crippen LogP contribution in [0.2, 0.25) is 0 Å². The van der Waals surface area contributed by atoms with Gasteiger partial charge in [0.1, 0.15) is 0 Å². The monoisotopic (exact) mass is 273 g/mol. The third-order valence-electron chi connectivity index (χ3n) is 3.99. The molecule has 20 heavy (non-hydrogen) atoms. The second-order valence-electron chi connectivity index (χ2n) is 6.52. The van der Waals surface area contributed by atoms with Crippen LogP contribution in [0.15, 0.2) is 18.2 Å². The molecular weight excluding hydrogens is 250 g/mol. The summed E-state index contributed by atoms with van der Waals surface area (Å²) in [7, 11) is 0. The van der Waals surface area contributed by atoms with Gasteiger partial charge in [-0.15, -0.1) is 5.10 Å². The van der Waals surface area contributed by atoms with Crippen molar-refractivity contribution < 1.29 is 0 Å². The van der Waals surface area contributed by atoms with Crippen LogP contribution < -0.4 is 5.73 Å². The van der Waals surface area contributed by atoms with E-state index in [-0.39, 0.29) is 5.41 Å². The van der Waals surface area contributed by atoms with Gasteiger partial charge in [-0.3, -0.25) is 0 Å². The SMILES string of the molecule is Cc1ccc(-c2nnnn2CC(C)C(C)(C)C)cc1N. The fourth-order valence-electron chi connectivity index (χ4n) is 1.85. The topological polar surface area (TPSA) is 69.6 Å². The van der Waals surface area contributed by atoms with Crippen LogP contribution in [0.3, 0.4) is 0 Å². The summed E-state index contributed by atoms with van der Waals surface area (Å²) in [5, 5.41) is 12.1. The smallest absolute Gasteiger partial charge is 0.182 e. The number of anilines is 1. The molecule has 108 valence electrons. The highest BCUT2D eigenvalue weighted by Gasteiger charge is 2.22. The Morgan fingerprint density at radius 3 is 2.60 bits per heavy atom. The number of hydrogen-bond donors (Lipinski definition) is 1. The molecule has 0 aliphatic rings. The third-order valence-corrected chi connectivity index (χ3v) is 3.99. The summed E-state index contributed by atoms with van der Waals surface area (Å²) in [6.07, 6.45) is 0. The lowest BCUT2D eigenvalue weighted by Crippen LogP contribution is -2.23. The lowest BCUT2D eigenvalue weighted by molar-refractivity contribution is 0.225. The van der Waals surface area contributed by atoms with Crippen LogP contribution in [0.1, 0.15) is 33.3 Å². The van der Waals surface area contributed by atoms with Crippen molar-refractivity contribution >= 4 is 5.69 Å². The zero-order chi connectivity index (χ0) is 14.9. The average Bonchev–Trinajstić information content (AvgIpc) is 2.79. The molecule has 1 atom stereocenters. The first-order valence-electron chi connectivity index (χ1n) is 6.91. The zero-order valence-corrected chi connectivity index (χ0v) is 12.9. The predicted octanol–water partition coefficient (Wildman–Crippen LogP) is 2.91. The Bertz CT molecular complexity index is 595. The van der Waals surface area contributed by atoms with Gasteiger partial charge >= 0.3 is 0 Å². The van der Waals surface area contributed by atoms with Crippen LogP contribution in [0.5, 0.6) is 0 Å². The summed E-state index contributed by atoms with van der Waals surface area (Å²) >= 11 is 0. The van der Waals surface area contributed by atoms with E-state index in [2.05, 4.69) is 43.2 Å². The fraction of sp³-hybridized carbons (Fsp3) is 0.533. The second-order valence-corrected chi connectivity index (χ2v) is 6.52. The van der Waals surface area contributed by atoms with Gasteiger partial charge in [-0.25, -0.2) is 4.68 Å². The molecule has 1 heterocycles. The molecule has 0 saturated heterocycles. The van der Waals surface area contributed by atoms with Crippen molar-refractivity contribution in [1.29, 1.82) is 0 Å². The van der Waals surface area contributed by atoms with Crippen molar-refractivity contribution in [3.8, 4) is 11.4 Å². The van der Waals surface area contributed by atoms with E-state index in [1.165, 1.54) is 0 Å². The first-order valence-corrected chi connectivity index (χ1v) is 6.91. The Hall–Kier alpha value is -1.91. The summed E-state index contributed by atoms with van der Waals surface area (Å²) in [5.74, 6) is 1.24. The van der Waals surface area contributed by atoms with Gasteiger partial charge in [0.05, 0.1) is 0 Å². The lowest BCUT2D eigenvalue weighted by atomic mass is 9.82. The van der Waals surface area contributed by atoms with E-state index in [0.29, 0.717) is 5.92 Å². The van der Waals surface area contributed by atoms with Gasteiger partial charge in [0, 0.05) is 17.8 Å². The summed E-state index contributed by atoms with van der Waals surface area (Å²) in [6, 6.07) is 5.94. The molecule has 0 spiro atoms. The van der Waals surface area contributed by atoms with E-state index in [9.17, 15) is 0 Å². The maximum absolute atomic E-state index is 5.97. The molecule has 2 rings (SSSR count). The van der Waals surface area contributed by atoms with Crippen molar-refractivity contribution in [1.82, 2.24) is 20.2 Å². The van der Waals surface area contributed by atoms with E-state index in [4.69, 9.17) is 5.73 Å². The molecule has 0 aliphatic heterocycles. The number of aromatic nitrogens is 4. The minimum Gasteiger partial charge on any atom is -0.398 e. The van der Waals surface area contributed by atoms with Crippen LogP contribution in [0, 0.1) is 18.3 Å². The third kappa shape index (κ3) is 2.98. The minimum atomic E-state index is 0.218. The molecule has 1 aromatic heterocycles. The number of tetrazole rings is 1. The number of nitrogens with two attached hydrogens (primary N) is 1. The van der Waals surface area contributed by atoms with Gasteiger partial charge in [0.25, 0.3) is 0 Å². The molecule has 5 heteroatoms. The molecule has 1 aromatic carbocycles. The fourth-order valence-corrected chi connectivity index (χ4v) is 1.85. The zero-order valence-electron chi connectivity index (χ0n) is 12.9. The molecule has 0 radical (unpaired) electrons. The highest BCUT2D eigenvalue weighted by Crippen LogP contribution is 2.28. The number of aryl methyl sites for hydroxylation is 1. The van der Waals surface area contributed by atoms with Crippen LogP contribution in [0.25, 0.3) is 11.4 Å². The van der Waals surface area contributed by atoms with Crippen LogP contribution in [-0.4, -0.2) is 20.2 Å². The van der Waals surface area contributed by atoms with Crippen molar-refractivity contribution in [3.05, 3.63) is 23.8 Å². The van der Waals surface area contributed by atoms with Gasteiger partial charge in [-0.2, -0.15) is 0 Å². The Kier molecular flexibility index (Phi) is 3.79.